The first-order chi connectivity index (χ1) is 8.22. The lowest BCUT2D eigenvalue weighted by atomic mass is 10.2. The summed E-state index contributed by atoms with van der Waals surface area (Å²) in [6.45, 7) is 7.54. The third-order valence-corrected chi connectivity index (χ3v) is 3.77. The van der Waals surface area contributed by atoms with E-state index in [0.29, 0.717) is 0 Å². The third kappa shape index (κ3) is 2.89. The molecule has 1 fully saturated rings. The van der Waals surface area contributed by atoms with Crippen LogP contribution in [0.3, 0.4) is 0 Å². The van der Waals surface area contributed by atoms with Crippen molar-refractivity contribution in [1.29, 1.82) is 0 Å². The number of aromatic nitrogens is 2. The summed E-state index contributed by atoms with van der Waals surface area (Å²) in [7, 11) is 0. The van der Waals surface area contributed by atoms with Crippen LogP contribution in [0, 0.1) is 5.92 Å². The van der Waals surface area contributed by atoms with E-state index in [0.717, 1.165) is 48.1 Å². The van der Waals surface area contributed by atoms with Crippen LogP contribution >= 0.6 is 15.9 Å². The van der Waals surface area contributed by atoms with Gasteiger partial charge in [0.2, 0.25) is 0 Å². The molecule has 1 saturated heterocycles. The lowest BCUT2D eigenvalue weighted by Crippen LogP contribution is -2.21. The summed E-state index contributed by atoms with van der Waals surface area (Å²) in [5.41, 5.74) is 0. The molecule has 1 unspecified atom stereocenters. The van der Waals surface area contributed by atoms with Gasteiger partial charge in [-0.1, -0.05) is 13.8 Å². The maximum atomic E-state index is 4.39. The van der Waals surface area contributed by atoms with Gasteiger partial charge in [-0.3, -0.25) is 0 Å². The minimum Gasteiger partial charge on any atom is -0.369 e. The molecule has 2 heterocycles. The summed E-state index contributed by atoms with van der Waals surface area (Å²) < 4.78 is 0.988. The molecule has 1 aliphatic rings. The first-order valence-corrected chi connectivity index (χ1v) is 7.01. The van der Waals surface area contributed by atoms with Crippen LogP contribution in [-0.4, -0.2) is 29.6 Å². The number of hydrogen-bond acceptors (Lipinski definition) is 4. The van der Waals surface area contributed by atoms with Gasteiger partial charge in [-0.05, 0) is 34.7 Å². The van der Waals surface area contributed by atoms with Crippen LogP contribution in [0.4, 0.5) is 11.6 Å². The smallest absolute Gasteiger partial charge is 0.148 e. The summed E-state index contributed by atoms with van der Waals surface area (Å²) >= 11 is 3.61. The molecule has 0 spiro atoms. The SMILES string of the molecule is CCCNc1ncnc(N2CCC(C)C2)c1Br. The van der Waals surface area contributed by atoms with Crippen molar-refractivity contribution in [3.05, 3.63) is 10.8 Å². The number of nitrogens with one attached hydrogen (secondary N) is 1. The van der Waals surface area contributed by atoms with Crippen LogP contribution in [0.1, 0.15) is 26.7 Å². The third-order valence-electron chi connectivity index (χ3n) is 3.04. The molecular weight excluding hydrogens is 280 g/mol. The van der Waals surface area contributed by atoms with Gasteiger partial charge in [0.15, 0.2) is 0 Å². The fraction of sp³-hybridized carbons (Fsp3) is 0.667. The van der Waals surface area contributed by atoms with Gasteiger partial charge in [-0.2, -0.15) is 0 Å². The monoisotopic (exact) mass is 298 g/mol. The van der Waals surface area contributed by atoms with Crippen LogP contribution in [-0.2, 0) is 0 Å². The molecule has 0 saturated carbocycles. The second-order valence-corrected chi connectivity index (χ2v) is 5.42. The minimum absolute atomic E-state index is 0.754. The van der Waals surface area contributed by atoms with Crippen molar-refractivity contribution in [1.82, 2.24) is 9.97 Å². The topological polar surface area (TPSA) is 41.1 Å². The normalized spacial score (nSPS) is 19.7. The predicted octanol–water partition coefficient (Wildman–Crippen LogP) is 2.91. The standard InChI is InChI=1S/C12H19BrN4/c1-3-5-14-11-10(13)12(16-8-15-11)17-6-4-9(2)7-17/h8-9H,3-7H2,1-2H3,(H,14,15,16). The quantitative estimate of drug-likeness (QED) is 0.928. The number of hydrogen-bond donors (Lipinski definition) is 1. The van der Waals surface area contributed by atoms with Gasteiger partial charge >= 0.3 is 0 Å². The molecule has 0 aromatic carbocycles. The summed E-state index contributed by atoms with van der Waals surface area (Å²) in [5, 5.41) is 3.31. The van der Waals surface area contributed by atoms with Gasteiger partial charge in [-0.15, -0.1) is 0 Å². The summed E-state index contributed by atoms with van der Waals surface area (Å²) in [6.07, 6.45) is 3.97. The van der Waals surface area contributed by atoms with E-state index in [-0.39, 0.29) is 0 Å². The van der Waals surface area contributed by atoms with Crippen LogP contribution in [0.25, 0.3) is 0 Å². The van der Waals surface area contributed by atoms with Crippen molar-refractivity contribution in [3.8, 4) is 0 Å². The zero-order chi connectivity index (χ0) is 12.3. The van der Waals surface area contributed by atoms with Gasteiger partial charge in [0.25, 0.3) is 0 Å². The predicted molar refractivity (Wildman–Crippen MR) is 74.5 cm³/mol. The van der Waals surface area contributed by atoms with Crippen molar-refractivity contribution >= 4 is 27.6 Å². The lowest BCUT2D eigenvalue weighted by molar-refractivity contribution is 0.658. The number of anilines is 2. The number of nitrogens with zero attached hydrogens (tertiary/aromatic N) is 3. The summed E-state index contributed by atoms with van der Waals surface area (Å²) in [4.78, 5) is 11.0. The fourth-order valence-corrected chi connectivity index (χ4v) is 2.67. The molecule has 1 aromatic heterocycles. The molecule has 0 amide bonds. The molecule has 1 atom stereocenters. The van der Waals surface area contributed by atoms with Crippen LogP contribution in [0.15, 0.2) is 10.8 Å². The Morgan fingerprint density at radius 2 is 2.35 bits per heavy atom. The molecule has 2 rings (SSSR count). The Morgan fingerprint density at radius 1 is 1.53 bits per heavy atom. The number of halogens is 1. The van der Waals surface area contributed by atoms with E-state index in [9.17, 15) is 0 Å². The highest BCUT2D eigenvalue weighted by Crippen LogP contribution is 2.32. The van der Waals surface area contributed by atoms with Crippen molar-refractivity contribution in [2.24, 2.45) is 5.92 Å². The van der Waals surface area contributed by atoms with Gasteiger partial charge in [-0.25, -0.2) is 9.97 Å². The van der Waals surface area contributed by atoms with Crippen molar-refractivity contribution in [3.63, 3.8) is 0 Å². The first-order valence-electron chi connectivity index (χ1n) is 6.21. The Balaban J connectivity index is 2.17. The Morgan fingerprint density at radius 3 is 3.00 bits per heavy atom. The van der Waals surface area contributed by atoms with E-state index < -0.39 is 0 Å². The molecule has 17 heavy (non-hydrogen) atoms. The Kier molecular flexibility index (Phi) is 4.20. The molecule has 0 radical (unpaired) electrons. The number of rotatable bonds is 4. The average molecular weight is 299 g/mol. The zero-order valence-electron chi connectivity index (χ0n) is 10.4. The van der Waals surface area contributed by atoms with E-state index >= 15 is 0 Å². The van der Waals surface area contributed by atoms with Gasteiger partial charge in [0, 0.05) is 19.6 Å². The van der Waals surface area contributed by atoms with Crippen LogP contribution in [0.5, 0.6) is 0 Å². The molecule has 1 aliphatic heterocycles. The van der Waals surface area contributed by atoms with E-state index in [1.807, 2.05) is 0 Å². The Bertz CT molecular complexity index is 383. The van der Waals surface area contributed by atoms with E-state index in [1.54, 1.807) is 6.33 Å². The van der Waals surface area contributed by atoms with Crippen LogP contribution in [0.2, 0.25) is 0 Å². The minimum atomic E-state index is 0.754. The lowest BCUT2D eigenvalue weighted by Gasteiger charge is -2.19. The van der Waals surface area contributed by atoms with E-state index in [2.05, 4.69) is 50.0 Å². The van der Waals surface area contributed by atoms with Crippen LogP contribution < -0.4 is 10.2 Å². The highest BCUT2D eigenvalue weighted by atomic mass is 79.9. The molecular formula is C12H19BrN4. The Hall–Kier alpha value is -0.840. The average Bonchev–Trinajstić information content (AvgIpc) is 2.74. The molecule has 4 nitrogen and oxygen atoms in total. The van der Waals surface area contributed by atoms with E-state index in [1.165, 1.54) is 6.42 Å². The second kappa shape index (κ2) is 5.67. The van der Waals surface area contributed by atoms with Gasteiger partial charge in [0.1, 0.15) is 22.4 Å². The van der Waals surface area contributed by atoms with Crippen molar-refractivity contribution < 1.29 is 0 Å². The van der Waals surface area contributed by atoms with Gasteiger partial charge in [0.05, 0.1) is 0 Å². The molecule has 0 aliphatic carbocycles. The molecule has 94 valence electrons. The van der Waals surface area contributed by atoms with Gasteiger partial charge < -0.3 is 10.2 Å². The second-order valence-electron chi connectivity index (χ2n) is 4.63. The first kappa shape index (κ1) is 12.6. The molecule has 1 aromatic rings. The summed E-state index contributed by atoms with van der Waals surface area (Å²) in [6, 6.07) is 0. The fourth-order valence-electron chi connectivity index (χ4n) is 2.08. The molecule has 0 bridgehead atoms. The molecule has 5 heteroatoms. The maximum absolute atomic E-state index is 4.39. The van der Waals surface area contributed by atoms with E-state index in [4.69, 9.17) is 0 Å². The summed E-state index contributed by atoms with van der Waals surface area (Å²) in [5.74, 6) is 2.67. The largest absolute Gasteiger partial charge is 0.369 e. The van der Waals surface area contributed by atoms with Crippen molar-refractivity contribution in [2.75, 3.05) is 29.9 Å². The maximum Gasteiger partial charge on any atom is 0.148 e. The highest BCUT2D eigenvalue weighted by molar-refractivity contribution is 9.10. The Labute approximate surface area is 111 Å². The zero-order valence-corrected chi connectivity index (χ0v) is 12.0. The van der Waals surface area contributed by atoms with Crippen molar-refractivity contribution in [2.45, 2.75) is 26.7 Å². The highest BCUT2D eigenvalue weighted by Gasteiger charge is 2.22. The molecule has 1 N–H and O–H groups in total.